The summed E-state index contributed by atoms with van der Waals surface area (Å²) in [6.07, 6.45) is -4.52. The highest BCUT2D eigenvalue weighted by atomic mass is 19.4. The predicted molar refractivity (Wildman–Crippen MR) is 94.3 cm³/mol. The molecule has 1 aliphatic rings. The Morgan fingerprint density at radius 1 is 1.07 bits per heavy atom. The molecule has 1 saturated heterocycles. The number of nitrogens with zero attached hydrogens (tertiary/aromatic N) is 5. The van der Waals surface area contributed by atoms with E-state index in [1.165, 1.54) is 31.1 Å². The van der Waals surface area contributed by atoms with Crippen LogP contribution in [0.25, 0.3) is 0 Å². The third kappa shape index (κ3) is 3.64. The topological polar surface area (TPSA) is 80.4 Å². The van der Waals surface area contributed by atoms with Gasteiger partial charge in [0.15, 0.2) is 0 Å². The van der Waals surface area contributed by atoms with Crippen molar-refractivity contribution >= 4 is 11.7 Å². The molecule has 2 aromatic rings. The number of halogens is 3. The average Bonchev–Trinajstić information content (AvgIpc) is 2.68. The molecular weight excluding hydrogens is 379 g/mol. The zero-order valence-corrected chi connectivity index (χ0v) is 15.2. The number of piperazine rings is 1. The number of rotatable bonds is 2. The Bertz CT molecular complexity index is 1020. The van der Waals surface area contributed by atoms with Gasteiger partial charge in [-0.3, -0.25) is 14.2 Å². The van der Waals surface area contributed by atoms with Gasteiger partial charge in [-0.15, -0.1) is 5.10 Å². The Kier molecular flexibility index (Phi) is 5.01. The molecule has 1 aliphatic heterocycles. The highest BCUT2D eigenvalue weighted by molar-refractivity contribution is 5.94. The number of aryl methyl sites for hydroxylation is 1. The van der Waals surface area contributed by atoms with Gasteiger partial charge in [-0.2, -0.15) is 13.2 Å². The molecule has 0 N–H and O–H groups in total. The van der Waals surface area contributed by atoms with Gasteiger partial charge in [-0.25, -0.2) is 9.48 Å². The number of hydrogen-bond acceptors (Lipinski definition) is 5. The summed E-state index contributed by atoms with van der Waals surface area (Å²) in [4.78, 5) is 39.6. The minimum atomic E-state index is -4.52. The average molecular weight is 397 g/mol. The number of anilines is 1. The van der Waals surface area contributed by atoms with Crippen LogP contribution in [0.4, 0.5) is 19.0 Å². The van der Waals surface area contributed by atoms with Crippen LogP contribution in [0, 0.1) is 0 Å². The van der Waals surface area contributed by atoms with Crippen molar-refractivity contribution in [2.45, 2.75) is 6.18 Å². The highest BCUT2D eigenvalue weighted by Crippen LogP contribution is 2.29. The number of hydrogen-bond donors (Lipinski definition) is 0. The third-order valence-electron chi connectivity index (χ3n) is 4.61. The van der Waals surface area contributed by atoms with E-state index >= 15 is 0 Å². The van der Waals surface area contributed by atoms with Crippen LogP contribution in [0.1, 0.15) is 15.9 Å². The summed E-state index contributed by atoms with van der Waals surface area (Å²) in [6, 6.07) is 4.29. The van der Waals surface area contributed by atoms with Gasteiger partial charge in [0, 0.05) is 45.8 Å². The number of carbonyl (C=O) groups excluding carboxylic acids is 1. The van der Waals surface area contributed by atoms with Crippen molar-refractivity contribution in [3.8, 4) is 0 Å². The lowest BCUT2D eigenvalue weighted by Crippen LogP contribution is -2.52. The Hall–Kier alpha value is -3.11. The van der Waals surface area contributed by atoms with Gasteiger partial charge < -0.3 is 9.80 Å². The second-order valence-corrected chi connectivity index (χ2v) is 6.45. The smallest absolute Gasteiger partial charge is 0.347 e. The SMILES string of the molecule is Cn1nc(N2CCN(C(=O)c3cccc(C(F)(F)F)c3)CC2)c(=O)n(C)c1=O. The van der Waals surface area contributed by atoms with Gasteiger partial charge >= 0.3 is 11.9 Å². The maximum Gasteiger partial charge on any atom is 0.416 e. The van der Waals surface area contributed by atoms with Gasteiger partial charge in [-0.1, -0.05) is 6.07 Å². The van der Waals surface area contributed by atoms with Crippen molar-refractivity contribution in [1.82, 2.24) is 19.2 Å². The summed E-state index contributed by atoms with van der Waals surface area (Å²) in [6.45, 7) is 0.960. The number of amides is 1. The fraction of sp³-hybridized carbons (Fsp3) is 0.412. The number of aromatic nitrogens is 3. The van der Waals surface area contributed by atoms with E-state index in [-0.39, 0.29) is 37.6 Å². The zero-order chi connectivity index (χ0) is 20.6. The first kappa shape index (κ1) is 19.6. The molecule has 0 atom stereocenters. The summed E-state index contributed by atoms with van der Waals surface area (Å²) in [5.74, 6) is -0.414. The van der Waals surface area contributed by atoms with Gasteiger partial charge in [0.1, 0.15) is 0 Å². The van der Waals surface area contributed by atoms with Crippen molar-refractivity contribution < 1.29 is 18.0 Å². The van der Waals surface area contributed by atoms with Gasteiger partial charge in [0.2, 0.25) is 5.82 Å². The highest BCUT2D eigenvalue weighted by Gasteiger charge is 2.32. The molecule has 0 saturated carbocycles. The molecule has 1 fully saturated rings. The van der Waals surface area contributed by atoms with E-state index in [0.29, 0.717) is 0 Å². The molecule has 0 spiro atoms. The molecule has 28 heavy (non-hydrogen) atoms. The number of alkyl halides is 3. The van der Waals surface area contributed by atoms with Crippen LogP contribution in [0.5, 0.6) is 0 Å². The second kappa shape index (κ2) is 7.13. The summed E-state index contributed by atoms with van der Waals surface area (Å²) < 4.78 is 40.5. The molecular formula is C17H18F3N5O3. The van der Waals surface area contributed by atoms with Crippen molar-refractivity contribution in [2.24, 2.45) is 14.1 Å². The molecule has 0 bridgehead atoms. The molecule has 2 heterocycles. The Balaban J connectivity index is 1.75. The van der Waals surface area contributed by atoms with Crippen LogP contribution in [-0.4, -0.2) is 51.3 Å². The van der Waals surface area contributed by atoms with E-state index in [1.807, 2.05) is 0 Å². The van der Waals surface area contributed by atoms with Crippen molar-refractivity contribution in [2.75, 3.05) is 31.1 Å². The van der Waals surface area contributed by atoms with Crippen LogP contribution < -0.4 is 16.1 Å². The van der Waals surface area contributed by atoms with Crippen molar-refractivity contribution in [1.29, 1.82) is 0 Å². The standard InChI is InChI=1S/C17H18F3N5O3/c1-22-15(27)13(21-23(2)16(22)28)24-6-8-25(9-7-24)14(26)11-4-3-5-12(10-11)17(18,19)20/h3-5,10H,6-9H2,1-2H3. The maximum absolute atomic E-state index is 12.8. The largest absolute Gasteiger partial charge is 0.416 e. The third-order valence-corrected chi connectivity index (χ3v) is 4.61. The molecule has 0 radical (unpaired) electrons. The monoisotopic (exact) mass is 397 g/mol. The van der Waals surface area contributed by atoms with E-state index in [0.717, 1.165) is 21.4 Å². The van der Waals surface area contributed by atoms with Gasteiger partial charge in [0.25, 0.3) is 11.5 Å². The quantitative estimate of drug-likeness (QED) is 0.736. The van der Waals surface area contributed by atoms with E-state index in [9.17, 15) is 27.6 Å². The maximum atomic E-state index is 12.8. The van der Waals surface area contributed by atoms with Gasteiger partial charge in [0.05, 0.1) is 5.56 Å². The Labute approximate surface area is 157 Å². The molecule has 0 unspecified atom stereocenters. The first-order chi connectivity index (χ1) is 13.1. The van der Waals surface area contributed by atoms with Crippen LogP contribution >= 0.6 is 0 Å². The van der Waals surface area contributed by atoms with E-state index in [4.69, 9.17) is 0 Å². The molecule has 11 heteroatoms. The molecule has 1 amide bonds. The molecule has 3 rings (SSSR count). The van der Waals surface area contributed by atoms with Crippen LogP contribution in [-0.2, 0) is 20.3 Å². The van der Waals surface area contributed by atoms with E-state index in [1.54, 1.807) is 4.90 Å². The summed E-state index contributed by atoms with van der Waals surface area (Å²) in [5, 5.41) is 3.99. The second-order valence-electron chi connectivity index (χ2n) is 6.45. The van der Waals surface area contributed by atoms with E-state index in [2.05, 4.69) is 5.10 Å². The van der Waals surface area contributed by atoms with Crippen molar-refractivity contribution in [3.05, 3.63) is 56.2 Å². The molecule has 1 aromatic carbocycles. The molecule has 150 valence electrons. The lowest BCUT2D eigenvalue weighted by Gasteiger charge is -2.35. The number of benzene rings is 1. The fourth-order valence-corrected chi connectivity index (χ4v) is 3.01. The Morgan fingerprint density at radius 3 is 2.32 bits per heavy atom. The summed E-state index contributed by atoms with van der Waals surface area (Å²) in [7, 11) is 2.78. The van der Waals surface area contributed by atoms with Gasteiger partial charge in [-0.05, 0) is 18.2 Å². The first-order valence-electron chi connectivity index (χ1n) is 8.45. The Morgan fingerprint density at radius 2 is 1.71 bits per heavy atom. The minimum absolute atomic E-state index is 0.0422. The minimum Gasteiger partial charge on any atom is -0.347 e. The van der Waals surface area contributed by atoms with Crippen LogP contribution in [0.3, 0.4) is 0 Å². The van der Waals surface area contributed by atoms with E-state index < -0.39 is 28.9 Å². The molecule has 1 aromatic heterocycles. The molecule has 8 nitrogen and oxygen atoms in total. The number of carbonyl (C=O) groups is 1. The van der Waals surface area contributed by atoms with Crippen LogP contribution in [0.2, 0.25) is 0 Å². The first-order valence-corrected chi connectivity index (χ1v) is 8.45. The summed E-state index contributed by atoms with van der Waals surface area (Å²) in [5.41, 5.74) is -2.01. The zero-order valence-electron chi connectivity index (χ0n) is 15.2. The van der Waals surface area contributed by atoms with Crippen LogP contribution in [0.15, 0.2) is 33.9 Å². The van der Waals surface area contributed by atoms with Crippen molar-refractivity contribution in [3.63, 3.8) is 0 Å². The lowest BCUT2D eigenvalue weighted by molar-refractivity contribution is -0.137. The normalized spacial score (nSPS) is 15.0. The molecule has 0 aliphatic carbocycles. The summed E-state index contributed by atoms with van der Waals surface area (Å²) >= 11 is 0. The lowest BCUT2D eigenvalue weighted by atomic mass is 10.1. The predicted octanol–water partition coefficient (Wildman–Crippen LogP) is 0.460. The fourth-order valence-electron chi connectivity index (χ4n) is 3.01.